The van der Waals surface area contributed by atoms with Gasteiger partial charge in [-0.15, -0.1) is 0 Å². The van der Waals surface area contributed by atoms with E-state index in [1.807, 2.05) is 0 Å². The normalized spacial score (nSPS) is 17.1. The Kier molecular flexibility index (Phi) is 5.10. The second-order valence-corrected chi connectivity index (χ2v) is 3.59. The third-order valence-electron chi connectivity index (χ3n) is 2.50. The highest BCUT2D eigenvalue weighted by Crippen LogP contribution is 2.13. The number of carbonyl (C=O) groups excluding carboxylic acids is 2. The van der Waals surface area contributed by atoms with Gasteiger partial charge in [-0.25, -0.2) is 9.69 Å². The van der Waals surface area contributed by atoms with E-state index in [1.54, 1.807) is 13.3 Å². The summed E-state index contributed by atoms with van der Waals surface area (Å²) in [5.41, 5.74) is 0. The summed E-state index contributed by atoms with van der Waals surface area (Å²) in [4.78, 5) is 22.9. The van der Waals surface area contributed by atoms with Gasteiger partial charge in [0.15, 0.2) is 0 Å². The van der Waals surface area contributed by atoms with Crippen molar-refractivity contribution in [2.75, 3.05) is 26.2 Å². The average Bonchev–Trinajstić information content (AvgIpc) is 2.27. The molecule has 0 aliphatic carbocycles. The fraction of sp³-hybridized carbons (Fsp3) is 0.800. The van der Waals surface area contributed by atoms with Crippen molar-refractivity contribution in [1.82, 2.24) is 10.2 Å². The molecule has 1 N–H and O–H groups in total. The Hall–Kier alpha value is -1.10. The Labute approximate surface area is 89.8 Å². The molecule has 1 saturated heterocycles. The van der Waals surface area contributed by atoms with Crippen molar-refractivity contribution in [1.29, 1.82) is 0 Å². The summed E-state index contributed by atoms with van der Waals surface area (Å²) < 4.78 is 4.75. The highest BCUT2D eigenvalue weighted by Gasteiger charge is 2.21. The van der Waals surface area contributed by atoms with Gasteiger partial charge in [0, 0.05) is 6.54 Å². The Bertz CT molecular complexity index is 215. The lowest BCUT2D eigenvalue weighted by atomic mass is 9.98. The summed E-state index contributed by atoms with van der Waals surface area (Å²) in [6.07, 6.45) is 3.00. The van der Waals surface area contributed by atoms with E-state index in [0.29, 0.717) is 12.5 Å². The highest BCUT2D eigenvalue weighted by molar-refractivity contribution is 5.80. The molecule has 0 spiro atoms. The van der Waals surface area contributed by atoms with Crippen LogP contribution < -0.4 is 5.32 Å². The maximum Gasteiger partial charge on any atom is 0.416 e. The fourth-order valence-corrected chi connectivity index (χ4v) is 1.67. The summed E-state index contributed by atoms with van der Waals surface area (Å²) in [5.74, 6) is 0.372. The SMILES string of the molecule is CCOC(=O)N([C]=O)CC1CCNCC1. The Morgan fingerprint density at radius 1 is 1.53 bits per heavy atom. The van der Waals surface area contributed by atoms with Crippen LogP contribution in [0.1, 0.15) is 19.8 Å². The number of carbonyl (C=O) groups is 1. The minimum Gasteiger partial charge on any atom is -0.449 e. The molecule has 0 unspecified atom stereocenters. The zero-order chi connectivity index (χ0) is 11.1. The second-order valence-electron chi connectivity index (χ2n) is 3.59. The first-order chi connectivity index (χ1) is 7.27. The zero-order valence-electron chi connectivity index (χ0n) is 8.99. The van der Waals surface area contributed by atoms with Crippen LogP contribution in [0.15, 0.2) is 0 Å². The maximum atomic E-state index is 11.3. The zero-order valence-corrected chi connectivity index (χ0v) is 8.99. The molecule has 85 valence electrons. The number of nitrogens with one attached hydrogen (secondary N) is 1. The second kappa shape index (κ2) is 6.40. The number of hydrogen-bond acceptors (Lipinski definition) is 4. The third-order valence-corrected chi connectivity index (χ3v) is 2.50. The van der Waals surface area contributed by atoms with Crippen LogP contribution in [0.25, 0.3) is 0 Å². The van der Waals surface area contributed by atoms with Gasteiger partial charge < -0.3 is 10.1 Å². The van der Waals surface area contributed by atoms with Crippen molar-refractivity contribution in [2.24, 2.45) is 5.92 Å². The third kappa shape index (κ3) is 3.87. The van der Waals surface area contributed by atoms with Crippen LogP contribution in [-0.2, 0) is 9.53 Å². The molecule has 5 nitrogen and oxygen atoms in total. The van der Waals surface area contributed by atoms with E-state index in [4.69, 9.17) is 4.74 Å². The molecular weight excluding hydrogens is 196 g/mol. The summed E-state index contributed by atoms with van der Waals surface area (Å²) in [6, 6.07) is 0. The number of imide groups is 1. The number of rotatable bonds is 4. The van der Waals surface area contributed by atoms with Crippen molar-refractivity contribution in [2.45, 2.75) is 19.8 Å². The van der Waals surface area contributed by atoms with Gasteiger partial charge in [-0.3, -0.25) is 4.79 Å². The average molecular weight is 213 g/mol. The van der Waals surface area contributed by atoms with E-state index < -0.39 is 6.09 Å². The topological polar surface area (TPSA) is 58.6 Å². The first kappa shape index (κ1) is 12.0. The van der Waals surface area contributed by atoms with Gasteiger partial charge in [0.25, 0.3) is 0 Å². The first-order valence-electron chi connectivity index (χ1n) is 5.30. The van der Waals surface area contributed by atoms with Gasteiger partial charge >= 0.3 is 12.5 Å². The van der Waals surface area contributed by atoms with Gasteiger partial charge in [0.1, 0.15) is 0 Å². The van der Waals surface area contributed by atoms with Crippen molar-refractivity contribution in [3.05, 3.63) is 0 Å². The molecule has 0 saturated carbocycles. The predicted molar refractivity (Wildman–Crippen MR) is 55.0 cm³/mol. The van der Waals surface area contributed by atoms with Gasteiger partial charge in [0.2, 0.25) is 0 Å². The number of amides is 2. The molecule has 0 aromatic rings. The molecule has 0 aromatic carbocycles. The lowest BCUT2D eigenvalue weighted by Gasteiger charge is -2.25. The highest BCUT2D eigenvalue weighted by atomic mass is 16.6. The largest absolute Gasteiger partial charge is 0.449 e. The lowest BCUT2D eigenvalue weighted by Crippen LogP contribution is -2.38. The van der Waals surface area contributed by atoms with E-state index in [2.05, 4.69) is 5.32 Å². The molecule has 0 aromatic heterocycles. The molecule has 15 heavy (non-hydrogen) atoms. The van der Waals surface area contributed by atoms with Crippen LogP contribution in [0, 0.1) is 5.92 Å². The van der Waals surface area contributed by atoms with E-state index in [0.717, 1.165) is 30.8 Å². The molecule has 1 rings (SSSR count). The minimum atomic E-state index is -0.592. The molecule has 1 aliphatic heterocycles. The van der Waals surface area contributed by atoms with Crippen LogP contribution in [0.5, 0.6) is 0 Å². The standard InChI is InChI=1S/C10H17N2O3/c1-2-15-10(14)12(8-13)7-9-3-5-11-6-4-9/h9,11H,2-7H2,1H3. The van der Waals surface area contributed by atoms with Gasteiger partial charge in [-0.05, 0) is 38.8 Å². The van der Waals surface area contributed by atoms with Gasteiger partial charge in [0.05, 0.1) is 6.61 Å². The number of piperidine rings is 1. The van der Waals surface area contributed by atoms with Crippen molar-refractivity contribution >= 4 is 12.5 Å². The number of nitrogens with zero attached hydrogens (tertiary/aromatic N) is 1. The van der Waals surface area contributed by atoms with Crippen molar-refractivity contribution < 1.29 is 14.3 Å². The lowest BCUT2D eigenvalue weighted by molar-refractivity contribution is 0.120. The summed E-state index contributed by atoms with van der Waals surface area (Å²) in [5, 5.41) is 3.23. The van der Waals surface area contributed by atoms with E-state index in [-0.39, 0.29) is 6.61 Å². The van der Waals surface area contributed by atoms with E-state index in [1.165, 1.54) is 0 Å². The Morgan fingerprint density at radius 2 is 2.20 bits per heavy atom. The van der Waals surface area contributed by atoms with Crippen LogP contribution in [0.3, 0.4) is 0 Å². The molecule has 1 radical (unpaired) electrons. The molecule has 2 amide bonds. The van der Waals surface area contributed by atoms with E-state index in [9.17, 15) is 9.59 Å². The van der Waals surface area contributed by atoms with E-state index >= 15 is 0 Å². The molecule has 1 fully saturated rings. The quantitative estimate of drug-likeness (QED) is 0.691. The molecular formula is C10H17N2O3. The first-order valence-corrected chi connectivity index (χ1v) is 5.30. The fourth-order valence-electron chi connectivity index (χ4n) is 1.67. The predicted octanol–water partition coefficient (Wildman–Crippen LogP) is 0.512. The molecule has 5 heteroatoms. The Morgan fingerprint density at radius 3 is 2.73 bits per heavy atom. The molecule has 1 heterocycles. The van der Waals surface area contributed by atoms with Gasteiger partial charge in [-0.1, -0.05) is 0 Å². The molecule has 0 bridgehead atoms. The summed E-state index contributed by atoms with van der Waals surface area (Å²) in [6.45, 7) is 4.30. The number of hydrogen-bond donors (Lipinski definition) is 1. The van der Waals surface area contributed by atoms with Crippen LogP contribution in [0.2, 0.25) is 0 Å². The molecule has 0 atom stereocenters. The molecule has 1 aliphatic rings. The Balaban J connectivity index is 2.37. The maximum absolute atomic E-state index is 11.3. The number of ether oxygens (including phenoxy) is 1. The van der Waals surface area contributed by atoms with Crippen LogP contribution in [-0.4, -0.2) is 43.6 Å². The minimum absolute atomic E-state index is 0.281. The monoisotopic (exact) mass is 213 g/mol. The van der Waals surface area contributed by atoms with Crippen molar-refractivity contribution in [3.8, 4) is 0 Å². The smallest absolute Gasteiger partial charge is 0.416 e. The van der Waals surface area contributed by atoms with Gasteiger partial charge in [-0.2, -0.15) is 0 Å². The van der Waals surface area contributed by atoms with Crippen LogP contribution >= 0.6 is 0 Å². The summed E-state index contributed by atoms with van der Waals surface area (Å²) in [7, 11) is 0. The van der Waals surface area contributed by atoms with Crippen LogP contribution in [0.4, 0.5) is 4.79 Å². The van der Waals surface area contributed by atoms with Crippen molar-refractivity contribution in [3.63, 3.8) is 0 Å². The summed E-state index contributed by atoms with van der Waals surface area (Å²) >= 11 is 0.